The van der Waals surface area contributed by atoms with Crippen LogP contribution in [-0.4, -0.2) is 7.05 Å². The summed E-state index contributed by atoms with van der Waals surface area (Å²) in [4.78, 5) is 0. The van der Waals surface area contributed by atoms with Gasteiger partial charge in [0.05, 0.1) is 0 Å². The van der Waals surface area contributed by atoms with Gasteiger partial charge in [-0.15, -0.1) is 0 Å². The van der Waals surface area contributed by atoms with Crippen molar-refractivity contribution in [2.75, 3.05) is 7.05 Å². The molecule has 0 aromatic carbocycles. The molecule has 2 unspecified atom stereocenters. The smallest absolute Gasteiger partial charge is 0.0120 e. The molecule has 2 heteroatoms. The van der Waals surface area contributed by atoms with Crippen molar-refractivity contribution in [1.82, 2.24) is 10.9 Å². The Bertz CT molecular complexity index is 221. The standard InChI is InChI=1S/C14H28N2.C2H6/c1-11(2)13-6-5-7-14(10-16-15-4)12(3)8-9-13;1-2/h10-13,15-16H,5-9H2,1-4H3;1-2H3/b14-10-;. The zero-order chi connectivity index (χ0) is 14.0. The summed E-state index contributed by atoms with van der Waals surface area (Å²) in [5.74, 6) is 2.54. The second kappa shape index (κ2) is 10.4. The van der Waals surface area contributed by atoms with Crippen LogP contribution in [0.1, 0.15) is 66.7 Å². The molecule has 0 radical (unpaired) electrons. The zero-order valence-electron chi connectivity index (χ0n) is 13.3. The first-order chi connectivity index (χ1) is 8.65. The van der Waals surface area contributed by atoms with Gasteiger partial charge in [0.2, 0.25) is 0 Å². The van der Waals surface area contributed by atoms with E-state index >= 15 is 0 Å². The number of nitrogens with one attached hydrogen (secondary N) is 2. The third kappa shape index (κ3) is 6.44. The zero-order valence-corrected chi connectivity index (χ0v) is 13.3. The van der Waals surface area contributed by atoms with Crippen LogP contribution in [-0.2, 0) is 0 Å². The summed E-state index contributed by atoms with van der Waals surface area (Å²) in [7, 11) is 1.92. The summed E-state index contributed by atoms with van der Waals surface area (Å²) in [6, 6.07) is 0. The third-order valence-corrected chi connectivity index (χ3v) is 3.99. The van der Waals surface area contributed by atoms with Gasteiger partial charge in [-0.05, 0) is 49.9 Å². The van der Waals surface area contributed by atoms with E-state index in [2.05, 4.69) is 37.8 Å². The molecule has 1 aliphatic rings. The molecule has 108 valence electrons. The van der Waals surface area contributed by atoms with Gasteiger partial charge in [0.25, 0.3) is 0 Å². The Balaban J connectivity index is 0.00000137. The Morgan fingerprint density at radius 3 is 2.39 bits per heavy atom. The highest BCUT2D eigenvalue weighted by Gasteiger charge is 2.19. The summed E-state index contributed by atoms with van der Waals surface area (Å²) in [6.07, 6.45) is 8.93. The SMILES string of the molecule is CC.CNN/C=C1/CCCC(C(C)C)CCC1C. The number of hydrogen-bond donors (Lipinski definition) is 2. The van der Waals surface area contributed by atoms with Crippen molar-refractivity contribution < 1.29 is 0 Å². The van der Waals surface area contributed by atoms with Crippen LogP contribution < -0.4 is 10.9 Å². The van der Waals surface area contributed by atoms with Crippen molar-refractivity contribution >= 4 is 0 Å². The average Bonchev–Trinajstić information content (AvgIpc) is 2.36. The van der Waals surface area contributed by atoms with Crippen LogP contribution >= 0.6 is 0 Å². The van der Waals surface area contributed by atoms with Gasteiger partial charge in [-0.1, -0.05) is 40.2 Å². The van der Waals surface area contributed by atoms with Gasteiger partial charge in [-0.2, -0.15) is 0 Å². The Morgan fingerprint density at radius 2 is 1.83 bits per heavy atom. The van der Waals surface area contributed by atoms with Crippen molar-refractivity contribution in [3.63, 3.8) is 0 Å². The molecule has 1 rings (SSSR count). The minimum atomic E-state index is 0.738. The first-order valence-corrected chi connectivity index (χ1v) is 7.76. The fraction of sp³-hybridized carbons (Fsp3) is 0.875. The van der Waals surface area contributed by atoms with E-state index in [0.717, 1.165) is 17.8 Å². The highest BCUT2D eigenvalue weighted by Crippen LogP contribution is 2.32. The number of rotatable bonds is 3. The van der Waals surface area contributed by atoms with E-state index in [0.29, 0.717) is 0 Å². The lowest BCUT2D eigenvalue weighted by atomic mass is 9.79. The maximum Gasteiger partial charge on any atom is 0.0120 e. The van der Waals surface area contributed by atoms with E-state index in [1.807, 2.05) is 20.9 Å². The lowest BCUT2D eigenvalue weighted by molar-refractivity contribution is 0.292. The van der Waals surface area contributed by atoms with Crippen LogP contribution in [0.2, 0.25) is 0 Å². The molecule has 2 nitrogen and oxygen atoms in total. The molecule has 0 aromatic heterocycles. The molecule has 0 spiro atoms. The topological polar surface area (TPSA) is 24.1 Å². The molecule has 1 saturated carbocycles. The minimum absolute atomic E-state index is 0.738. The van der Waals surface area contributed by atoms with Crippen LogP contribution in [0.4, 0.5) is 0 Å². The Hall–Kier alpha value is -0.500. The van der Waals surface area contributed by atoms with Gasteiger partial charge in [0.1, 0.15) is 0 Å². The van der Waals surface area contributed by atoms with Crippen molar-refractivity contribution in [1.29, 1.82) is 0 Å². The fourth-order valence-electron chi connectivity index (χ4n) is 2.65. The lowest BCUT2D eigenvalue weighted by Crippen LogP contribution is -2.23. The van der Waals surface area contributed by atoms with Crippen LogP contribution in [0.15, 0.2) is 11.8 Å². The van der Waals surface area contributed by atoms with Crippen LogP contribution in [0.25, 0.3) is 0 Å². The Kier molecular flexibility index (Phi) is 10.1. The molecular weight excluding hydrogens is 220 g/mol. The van der Waals surface area contributed by atoms with Crippen molar-refractivity contribution in [3.05, 3.63) is 11.8 Å². The molecule has 2 atom stereocenters. The Morgan fingerprint density at radius 1 is 1.17 bits per heavy atom. The van der Waals surface area contributed by atoms with E-state index in [1.54, 1.807) is 5.57 Å². The summed E-state index contributed by atoms with van der Waals surface area (Å²) in [5.41, 5.74) is 7.67. The van der Waals surface area contributed by atoms with Gasteiger partial charge >= 0.3 is 0 Å². The summed E-state index contributed by atoms with van der Waals surface area (Å²) in [6.45, 7) is 11.1. The molecule has 0 heterocycles. The highest BCUT2D eigenvalue weighted by molar-refractivity contribution is 5.05. The van der Waals surface area contributed by atoms with E-state index in [9.17, 15) is 0 Å². The fourth-order valence-corrected chi connectivity index (χ4v) is 2.65. The normalized spacial score (nSPS) is 27.2. The van der Waals surface area contributed by atoms with E-state index in [1.165, 1.54) is 32.1 Å². The third-order valence-electron chi connectivity index (χ3n) is 3.99. The first kappa shape index (κ1) is 17.5. The molecule has 0 bridgehead atoms. The molecule has 2 N–H and O–H groups in total. The maximum absolute atomic E-state index is 3.12. The highest BCUT2D eigenvalue weighted by atomic mass is 15.3. The van der Waals surface area contributed by atoms with E-state index in [-0.39, 0.29) is 0 Å². The molecule has 0 aromatic rings. The van der Waals surface area contributed by atoms with Crippen molar-refractivity contribution in [2.45, 2.75) is 66.7 Å². The summed E-state index contributed by atoms with van der Waals surface area (Å²) in [5, 5.41) is 0. The van der Waals surface area contributed by atoms with Gasteiger partial charge in [0, 0.05) is 13.2 Å². The lowest BCUT2D eigenvalue weighted by Gasteiger charge is -2.27. The second-order valence-electron chi connectivity index (χ2n) is 5.49. The molecule has 1 fully saturated rings. The van der Waals surface area contributed by atoms with Gasteiger partial charge in [-0.25, -0.2) is 5.43 Å². The van der Waals surface area contributed by atoms with E-state index in [4.69, 9.17) is 0 Å². The van der Waals surface area contributed by atoms with Crippen LogP contribution in [0.3, 0.4) is 0 Å². The first-order valence-electron chi connectivity index (χ1n) is 7.76. The van der Waals surface area contributed by atoms with Crippen molar-refractivity contribution in [2.24, 2.45) is 17.8 Å². The largest absolute Gasteiger partial charge is 0.329 e. The minimum Gasteiger partial charge on any atom is -0.329 e. The number of hydrazine groups is 1. The summed E-state index contributed by atoms with van der Waals surface area (Å²) < 4.78 is 0. The molecule has 0 saturated heterocycles. The molecule has 0 aliphatic heterocycles. The van der Waals surface area contributed by atoms with E-state index < -0.39 is 0 Å². The average molecular weight is 254 g/mol. The molecule has 1 aliphatic carbocycles. The van der Waals surface area contributed by atoms with Gasteiger partial charge in [-0.3, -0.25) is 0 Å². The maximum atomic E-state index is 3.12. The van der Waals surface area contributed by atoms with Crippen molar-refractivity contribution in [3.8, 4) is 0 Å². The molecule has 0 amide bonds. The number of hydrogen-bond acceptors (Lipinski definition) is 2. The van der Waals surface area contributed by atoms with Crippen LogP contribution in [0.5, 0.6) is 0 Å². The van der Waals surface area contributed by atoms with Gasteiger partial charge in [0.15, 0.2) is 0 Å². The van der Waals surface area contributed by atoms with Crippen LogP contribution in [0, 0.1) is 17.8 Å². The number of allylic oxidation sites excluding steroid dienone is 1. The Labute approximate surface area is 115 Å². The molecular formula is C16H34N2. The monoisotopic (exact) mass is 254 g/mol. The molecule has 18 heavy (non-hydrogen) atoms. The second-order valence-corrected chi connectivity index (χ2v) is 5.49. The quantitative estimate of drug-likeness (QED) is 0.725. The predicted molar refractivity (Wildman–Crippen MR) is 82.2 cm³/mol. The summed E-state index contributed by atoms with van der Waals surface area (Å²) >= 11 is 0. The predicted octanol–water partition coefficient (Wildman–Crippen LogP) is 4.49. The van der Waals surface area contributed by atoms with Gasteiger partial charge < -0.3 is 5.43 Å².